The summed E-state index contributed by atoms with van der Waals surface area (Å²) in [7, 11) is 0. The van der Waals surface area contributed by atoms with Gasteiger partial charge in [0.15, 0.2) is 0 Å². The van der Waals surface area contributed by atoms with Gasteiger partial charge in [-0.3, -0.25) is 0 Å². The summed E-state index contributed by atoms with van der Waals surface area (Å²) in [5.74, 6) is 1.58. The van der Waals surface area contributed by atoms with Crippen molar-refractivity contribution in [3.8, 4) is 5.75 Å². The highest BCUT2D eigenvalue weighted by Crippen LogP contribution is 2.34. The van der Waals surface area contributed by atoms with Gasteiger partial charge in [-0.1, -0.05) is 19.8 Å². The van der Waals surface area contributed by atoms with Gasteiger partial charge in [0.1, 0.15) is 11.6 Å². The monoisotopic (exact) mass is 361 g/mol. The Morgan fingerprint density at radius 1 is 1.20 bits per heavy atom. The van der Waals surface area contributed by atoms with Gasteiger partial charge in [0.25, 0.3) is 0 Å². The van der Waals surface area contributed by atoms with E-state index in [1.165, 1.54) is 56.5 Å². The molecular weight excluding hydrogens is 333 g/mol. The molecule has 3 rings (SSSR count). The molecule has 0 bridgehead atoms. The third kappa shape index (κ3) is 5.29. The average Bonchev–Trinajstić information content (AvgIpc) is 3.16. The smallest absolute Gasteiger partial charge is 0.123 e. The second kappa shape index (κ2) is 9.35. The molecule has 1 fully saturated rings. The highest BCUT2D eigenvalue weighted by atomic mass is 32.1. The molecule has 136 valence electrons. The number of nitrogens with zero attached hydrogens (tertiary/aromatic N) is 1. The first-order valence-corrected chi connectivity index (χ1v) is 10.3. The van der Waals surface area contributed by atoms with Crippen LogP contribution in [-0.4, -0.2) is 31.1 Å². The van der Waals surface area contributed by atoms with Crippen LogP contribution in [0.4, 0.5) is 4.39 Å². The van der Waals surface area contributed by atoms with Crippen molar-refractivity contribution in [1.29, 1.82) is 0 Å². The molecule has 0 aliphatic carbocycles. The van der Waals surface area contributed by atoms with Crippen LogP contribution in [0.25, 0.3) is 0 Å². The van der Waals surface area contributed by atoms with Gasteiger partial charge in [0.05, 0.1) is 6.61 Å². The van der Waals surface area contributed by atoms with Crippen molar-refractivity contribution in [2.45, 2.75) is 38.5 Å². The number of benzene rings is 1. The fraction of sp³-hybridized carbons (Fsp3) is 0.524. The summed E-state index contributed by atoms with van der Waals surface area (Å²) in [5, 5.41) is 4.45. The first-order chi connectivity index (χ1) is 12.3. The van der Waals surface area contributed by atoms with Crippen LogP contribution < -0.4 is 4.74 Å². The first-order valence-electron chi connectivity index (χ1n) is 9.39. The standard InChI is InChI=1S/C21H28FNOS/c1-2-3-4-11-23-12-9-21(17-10-13-25-16-17)18(14-23)15-24-20-7-5-19(22)6-8-20/h5-8,10,13,16,18,21H,2-4,9,11-12,14-15H2,1H3. The van der Waals surface area contributed by atoms with E-state index in [-0.39, 0.29) is 5.82 Å². The maximum absolute atomic E-state index is 13.1. The number of hydrogen-bond acceptors (Lipinski definition) is 3. The average molecular weight is 362 g/mol. The molecule has 2 aromatic rings. The van der Waals surface area contributed by atoms with Crippen LogP contribution >= 0.6 is 11.3 Å². The summed E-state index contributed by atoms with van der Waals surface area (Å²) in [4.78, 5) is 2.59. The Labute approximate surface area is 154 Å². The van der Waals surface area contributed by atoms with E-state index < -0.39 is 0 Å². The zero-order chi connectivity index (χ0) is 17.5. The highest BCUT2D eigenvalue weighted by molar-refractivity contribution is 7.07. The maximum atomic E-state index is 13.1. The molecule has 0 N–H and O–H groups in total. The van der Waals surface area contributed by atoms with Crippen LogP contribution in [-0.2, 0) is 0 Å². The molecular formula is C21H28FNOS. The molecule has 2 nitrogen and oxygen atoms in total. The third-order valence-corrected chi connectivity index (χ3v) is 5.85. The van der Waals surface area contributed by atoms with E-state index in [0.29, 0.717) is 18.4 Å². The minimum Gasteiger partial charge on any atom is -0.493 e. The molecule has 1 aliphatic heterocycles. The lowest BCUT2D eigenvalue weighted by molar-refractivity contribution is 0.110. The fourth-order valence-corrected chi connectivity index (χ4v) is 4.45. The Kier molecular flexibility index (Phi) is 6.88. The molecule has 2 heterocycles. The minimum absolute atomic E-state index is 0.219. The molecule has 0 spiro atoms. The number of thiophene rings is 1. The molecule has 1 aliphatic rings. The van der Waals surface area contributed by atoms with E-state index in [1.54, 1.807) is 23.5 Å². The maximum Gasteiger partial charge on any atom is 0.123 e. The van der Waals surface area contributed by atoms with E-state index in [9.17, 15) is 4.39 Å². The van der Waals surface area contributed by atoms with Crippen molar-refractivity contribution in [3.05, 3.63) is 52.5 Å². The van der Waals surface area contributed by atoms with E-state index in [1.807, 2.05) is 0 Å². The Morgan fingerprint density at radius 2 is 2.04 bits per heavy atom. The second-order valence-electron chi connectivity index (χ2n) is 6.98. The number of piperidine rings is 1. The molecule has 1 aromatic heterocycles. The lowest BCUT2D eigenvalue weighted by atomic mass is 9.82. The third-order valence-electron chi connectivity index (χ3n) is 5.15. The largest absolute Gasteiger partial charge is 0.493 e. The minimum atomic E-state index is -0.219. The molecule has 2 unspecified atom stereocenters. The van der Waals surface area contributed by atoms with E-state index >= 15 is 0 Å². The summed E-state index contributed by atoms with van der Waals surface area (Å²) in [6, 6.07) is 8.62. The van der Waals surface area contributed by atoms with Crippen molar-refractivity contribution >= 4 is 11.3 Å². The van der Waals surface area contributed by atoms with Crippen molar-refractivity contribution in [3.63, 3.8) is 0 Å². The molecule has 2 atom stereocenters. The van der Waals surface area contributed by atoms with Crippen LogP contribution in [0.1, 0.15) is 44.1 Å². The molecule has 4 heteroatoms. The second-order valence-corrected chi connectivity index (χ2v) is 7.76. The van der Waals surface area contributed by atoms with Gasteiger partial charge in [-0.15, -0.1) is 0 Å². The number of hydrogen-bond donors (Lipinski definition) is 0. The normalized spacial score (nSPS) is 21.4. The zero-order valence-electron chi connectivity index (χ0n) is 15.0. The van der Waals surface area contributed by atoms with Crippen molar-refractivity contribution in [1.82, 2.24) is 4.90 Å². The number of likely N-dealkylation sites (tertiary alicyclic amines) is 1. The Morgan fingerprint density at radius 3 is 2.76 bits per heavy atom. The Bertz CT molecular complexity index is 613. The SMILES string of the molecule is CCCCCN1CCC(c2ccsc2)C(COc2ccc(F)cc2)C1. The van der Waals surface area contributed by atoms with Gasteiger partial charge < -0.3 is 9.64 Å². The highest BCUT2D eigenvalue weighted by Gasteiger charge is 2.31. The van der Waals surface area contributed by atoms with Gasteiger partial charge >= 0.3 is 0 Å². The van der Waals surface area contributed by atoms with Crippen LogP contribution in [0.15, 0.2) is 41.1 Å². The van der Waals surface area contributed by atoms with E-state index in [2.05, 4.69) is 28.7 Å². The molecule has 1 saturated heterocycles. The number of halogens is 1. The number of ether oxygens (including phenoxy) is 1. The molecule has 1 aromatic carbocycles. The van der Waals surface area contributed by atoms with Crippen molar-refractivity contribution in [2.75, 3.05) is 26.2 Å². The van der Waals surface area contributed by atoms with Crippen molar-refractivity contribution in [2.24, 2.45) is 5.92 Å². The summed E-state index contributed by atoms with van der Waals surface area (Å²) in [6.45, 7) is 6.40. The predicted molar refractivity (Wildman–Crippen MR) is 103 cm³/mol. The predicted octanol–water partition coefficient (Wildman–Crippen LogP) is 5.56. The molecule has 25 heavy (non-hydrogen) atoms. The summed E-state index contributed by atoms with van der Waals surface area (Å²) in [5.41, 5.74) is 1.45. The van der Waals surface area contributed by atoms with Crippen LogP contribution in [0, 0.1) is 11.7 Å². The van der Waals surface area contributed by atoms with E-state index in [4.69, 9.17) is 4.74 Å². The molecule has 0 saturated carbocycles. The fourth-order valence-electron chi connectivity index (χ4n) is 3.72. The van der Waals surface area contributed by atoms with E-state index in [0.717, 1.165) is 12.3 Å². The Hall–Kier alpha value is -1.39. The first kappa shape index (κ1) is 18.4. The number of rotatable bonds is 8. The van der Waals surface area contributed by atoms with Crippen LogP contribution in [0.3, 0.4) is 0 Å². The summed E-state index contributed by atoms with van der Waals surface area (Å²) < 4.78 is 19.1. The summed E-state index contributed by atoms with van der Waals surface area (Å²) in [6.07, 6.45) is 5.05. The van der Waals surface area contributed by atoms with Gasteiger partial charge in [-0.25, -0.2) is 4.39 Å². The van der Waals surface area contributed by atoms with Gasteiger partial charge in [-0.05, 0) is 78.5 Å². The van der Waals surface area contributed by atoms with Crippen molar-refractivity contribution < 1.29 is 9.13 Å². The lowest BCUT2D eigenvalue weighted by Crippen LogP contribution is -2.42. The van der Waals surface area contributed by atoms with Crippen LogP contribution in [0.2, 0.25) is 0 Å². The van der Waals surface area contributed by atoms with Gasteiger partial charge in [0.2, 0.25) is 0 Å². The summed E-state index contributed by atoms with van der Waals surface area (Å²) >= 11 is 1.77. The van der Waals surface area contributed by atoms with Gasteiger partial charge in [0, 0.05) is 12.5 Å². The molecule has 0 radical (unpaired) electrons. The topological polar surface area (TPSA) is 12.5 Å². The van der Waals surface area contributed by atoms with Gasteiger partial charge in [-0.2, -0.15) is 11.3 Å². The molecule has 0 amide bonds. The lowest BCUT2D eigenvalue weighted by Gasteiger charge is -2.38. The quantitative estimate of drug-likeness (QED) is 0.571. The van der Waals surface area contributed by atoms with Crippen LogP contribution in [0.5, 0.6) is 5.75 Å². The Balaban J connectivity index is 1.62. The number of unbranched alkanes of at least 4 members (excludes halogenated alkanes) is 2. The zero-order valence-corrected chi connectivity index (χ0v) is 15.8.